The molecule has 118 valence electrons. The predicted molar refractivity (Wildman–Crippen MR) is 84.8 cm³/mol. The van der Waals surface area contributed by atoms with Gasteiger partial charge in [0.1, 0.15) is 5.75 Å². The second-order valence-electron chi connectivity index (χ2n) is 5.81. The number of aliphatic hydroxyl groups excluding tert-OH is 1. The van der Waals surface area contributed by atoms with E-state index in [1.165, 1.54) is 5.56 Å². The lowest BCUT2D eigenvalue weighted by Gasteiger charge is -2.27. The van der Waals surface area contributed by atoms with E-state index in [0.29, 0.717) is 19.1 Å². The molecule has 0 amide bonds. The summed E-state index contributed by atoms with van der Waals surface area (Å²) in [6.45, 7) is 2.23. The number of rotatable bonds is 6. The highest BCUT2D eigenvalue weighted by molar-refractivity contribution is 5.31. The lowest BCUT2D eigenvalue weighted by Crippen LogP contribution is -2.34. The fourth-order valence-electron chi connectivity index (χ4n) is 3.22. The maximum Gasteiger partial charge on any atom is 0.119 e. The smallest absolute Gasteiger partial charge is 0.119 e. The van der Waals surface area contributed by atoms with Crippen molar-refractivity contribution in [1.29, 1.82) is 0 Å². The van der Waals surface area contributed by atoms with Crippen LogP contribution in [0.15, 0.2) is 42.7 Å². The van der Waals surface area contributed by atoms with Crippen LogP contribution in [-0.2, 0) is 6.54 Å². The van der Waals surface area contributed by atoms with Gasteiger partial charge in [-0.1, -0.05) is 12.1 Å². The average Bonchev–Trinajstić information content (AvgIpc) is 3.19. The van der Waals surface area contributed by atoms with E-state index in [4.69, 9.17) is 4.74 Å². The molecule has 5 nitrogen and oxygen atoms in total. The molecule has 1 aliphatic rings. The molecule has 0 spiro atoms. The van der Waals surface area contributed by atoms with Crippen molar-refractivity contribution in [3.8, 4) is 5.75 Å². The molecule has 5 heteroatoms. The molecule has 22 heavy (non-hydrogen) atoms. The largest absolute Gasteiger partial charge is 0.497 e. The van der Waals surface area contributed by atoms with Crippen LogP contribution < -0.4 is 4.74 Å². The summed E-state index contributed by atoms with van der Waals surface area (Å²) in [5.41, 5.74) is 1.27. The maximum absolute atomic E-state index is 10.3. The molecule has 1 N–H and O–H groups in total. The van der Waals surface area contributed by atoms with Crippen molar-refractivity contribution < 1.29 is 9.84 Å². The highest BCUT2D eigenvalue weighted by Crippen LogP contribution is 2.33. The normalized spacial score (nSPS) is 20.2. The Bertz CT molecular complexity index is 585. The molecule has 1 fully saturated rings. The SMILES string of the molecule is COc1cccc([C@@H]2CCCN2C[C@H](O)Cn2cccn2)c1. The first-order valence-corrected chi connectivity index (χ1v) is 7.80. The Morgan fingerprint density at radius 3 is 3.05 bits per heavy atom. The minimum Gasteiger partial charge on any atom is -0.497 e. The van der Waals surface area contributed by atoms with Gasteiger partial charge in [-0.05, 0) is 43.1 Å². The lowest BCUT2D eigenvalue weighted by atomic mass is 10.0. The highest BCUT2D eigenvalue weighted by Gasteiger charge is 2.27. The molecule has 1 aromatic carbocycles. The summed E-state index contributed by atoms with van der Waals surface area (Å²) in [6.07, 6.45) is 5.50. The zero-order chi connectivity index (χ0) is 15.4. The van der Waals surface area contributed by atoms with Crippen LogP contribution >= 0.6 is 0 Å². The van der Waals surface area contributed by atoms with Crippen molar-refractivity contribution in [2.45, 2.75) is 31.5 Å². The van der Waals surface area contributed by atoms with E-state index in [9.17, 15) is 5.11 Å². The molecule has 0 unspecified atom stereocenters. The number of hydrogen-bond acceptors (Lipinski definition) is 4. The molecule has 2 atom stereocenters. The quantitative estimate of drug-likeness (QED) is 0.887. The summed E-state index contributed by atoms with van der Waals surface area (Å²) in [6, 6.07) is 10.5. The average molecular weight is 301 g/mol. The Morgan fingerprint density at radius 2 is 2.27 bits per heavy atom. The fourth-order valence-corrected chi connectivity index (χ4v) is 3.22. The van der Waals surface area contributed by atoms with Gasteiger partial charge in [0.2, 0.25) is 0 Å². The first-order chi connectivity index (χ1) is 10.8. The first-order valence-electron chi connectivity index (χ1n) is 7.80. The van der Waals surface area contributed by atoms with Crippen LogP contribution in [0.4, 0.5) is 0 Å². The number of likely N-dealkylation sites (tertiary alicyclic amines) is 1. The molecule has 2 heterocycles. The van der Waals surface area contributed by atoms with Gasteiger partial charge in [0.25, 0.3) is 0 Å². The Balaban J connectivity index is 1.64. The molecule has 1 saturated heterocycles. The van der Waals surface area contributed by atoms with Crippen LogP contribution in [0.25, 0.3) is 0 Å². The third-order valence-corrected chi connectivity index (χ3v) is 4.24. The van der Waals surface area contributed by atoms with Crippen LogP contribution in [0.2, 0.25) is 0 Å². The molecule has 1 aliphatic heterocycles. The summed E-state index contributed by atoms with van der Waals surface area (Å²) in [5.74, 6) is 0.890. The van der Waals surface area contributed by atoms with Crippen LogP contribution in [0, 0.1) is 0 Å². The molecule has 2 aromatic rings. The van der Waals surface area contributed by atoms with E-state index in [1.54, 1.807) is 18.0 Å². The minimum absolute atomic E-state index is 0.363. The maximum atomic E-state index is 10.3. The molecular weight excluding hydrogens is 278 g/mol. The number of benzene rings is 1. The molecular formula is C17H23N3O2. The third kappa shape index (κ3) is 3.48. The van der Waals surface area contributed by atoms with Crippen LogP contribution in [-0.4, -0.2) is 46.1 Å². The monoisotopic (exact) mass is 301 g/mol. The molecule has 0 bridgehead atoms. The van der Waals surface area contributed by atoms with E-state index < -0.39 is 6.10 Å². The molecule has 3 rings (SSSR count). The van der Waals surface area contributed by atoms with Gasteiger partial charge in [-0.3, -0.25) is 9.58 Å². The van der Waals surface area contributed by atoms with Gasteiger partial charge in [0, 0.05) is 25.0 Å². The number of aromatic nitrogens is 2. The fraction of sp³-hybridized carbons (Fsp3) is 0.471. The zero-order valence-electron chi connectivity index (χ0n) is 12.9. The van der Waals surface area contributed by atoms with Crippen LogP contribution in [0.1, 0.15) is 24.4 Å². The van der Waals surface area contributed by atoms with Crippen molar-refractivity contribution in [3.05, 3.63) is 48.3 Å². The van der Waals surface area contributed by atoms with Gasteiger partial charge in [0.05, 0.1) is 19.8 Å². The van der Waals surface area contributed by atoms with Gasteiger partial charge in [0.15, 0.2) is 0 Å². The number of β-amino-alcohol motifs (C(OH)–C–C–N with tert-alkyl or cyclic N) is 1. The van der Waals surface area contributed by atoms with E-state index in [-0.39, 0.29) is 0 Å². The number of aliphatic hydroxyl groups is 1. The Morgan fingerprint density at radius 1 is 1.36 bits per heavy atom. The summed E-state index contributed by atoms with van der Waals surface area (Å²) in [5, 5.41) is 14.5. The predicted octanol–water partition coefficient (Wildman–Crippen LogP) is 2.09. The standard InChI is InChI=1S/C17H23N3O2/c1-22-16-6-2-5-14(11-16)17-7-3-9-19(17)12-15(21)13-20-10-4-8-18-20/h2,4-6,8,10-11,15,17,21H,3,7,9,12-13H2,1H3/t15-,17-/m0/s1. The van der Waals surface area contributed by atoms with Gasteiger partial charge in [-0.2, -0.15) is 5.10 Å². The molecule has 0 aliphatic carbocycles. The summed E-state index contributed by atoms with van der Waals surface area (Å²) >= 11 is 0. The van der Waals surface area contributed by atoms with Crippen LogP contribution in [0.3, 0.4) is 0 Å². The van der Waals surface area contributed by atoms with Gasteiger partial charge >= 0.3 is 0 Å². The van der Waals surface area contributed by atoms with E-state index in [1.807, 2.05) is 24.4 Å². The Hall–Kier alpha value is -1.85. The first kappa shape index (κ1) is 15.1. The number of hydrogen-bond donors (Lipinski definition) is 1. The van der Waals surface area contributed by atoms with Crippen LogP contribution in [0.5, 0.6) is 5.75 Å². The topological polar surface area (TPSA) is 50.5 Å². The number of nitrogens with zero attached hydrogens (tertiary/aromatic N) is 3. The van der Waals surface area contributed by atoms with Crippen molar-refractivity contribution in [1.82, 2.24) is 14.7 Å². The molecule has 0 radical (unpaired) electrons. The van der Waals surface area contributed by atoms with Crippen molar-refractivity contribution in [2.75, 3.05) is 20.2 Å². The molecule has 0 saturated carbocycles. The number of ether oxygens (including phenoxy) is 1. The summed E-state index contributed by atoms with van der Waals surface area (Å²) < 4.78 is 7.10. The van der Waals surface area contributed by atoms with Crippen molar-refractivity contribution in [2.24, 2.45) is 0 Å². The zero-order valence-corrected chi connectivity index (χ0v) is 12.9. The number of methoxy groups -OCH3 is 1. The van der Waals surface area contributed by atoms with Gasteiger partial charge in [-0.25, -0.2) is 0 Å². The second-order valence-corrected chi connectivity index (χ2v) is 5.81. The highest BCUT2D eigenvalue weighted by atomic mass is 16.5. The second kappa shape index (κ2) is 6.94. The van der Waals surface area contributed by atoms with Crippen molar-refractivity contribution >= 4 is 0 Å². The van der Waals surface area contributed by atoms with Gasteiger partial charge < -0.3 is 9.84 Å². The minimum atomic E-state index is -0.411. The van der Waals surface area contributed by atoms with Gasteiger partial charge in [-0.15, -0.1) is 0 Å². The lowest BCUT2D eigenvalue weighted by molar-refractivity contribution is 0.0890. The van der Waals surface area contributed by atoms with E-state index in [0.717, 1.165) is 25.1 Å². The Labute approximate surface area is 131 Å². The van der Waals surface area contributed by atoms with Crippen molar-refractivity contribution in [3.63, 3.8) is 0 Å². The third-order valence-electron chi connectivity index (χ3n) is 4.24. The summed E-state index contributed by atoms with van der Waals surface area (Å²) in [4.78, 5) is 2.36. The van der Waals surface area contributed by atoms with E-state index in [2.05, 4.69) is 22.1 Å². The summed E-state index contributed by atoms with van der Waals surface area (Å²) in [7, 11) is 1.69. The van der Waals surface area contributed by atoms with E-state index >= 15 is 0 Å². The molecule has 1 aromatic heterocycles. The Kier molecular flexibility index (Phi) is 4.75.